The number of rotatable bonds is 2. The number of carboxylic acid groups (broad SMARTS) is 1. The Labute approximate surface area is 102 Å². The van der Waals surface area contributed by atoms with Crippen LogP contribution in [0.3, 0.4) is 0 Å². The summed E-state index contributed by atoms with van der Waals surface area (Å²) in [7, 11) is 0. The Bertz CT molecular complexity index is 464. The molecule has 17 heavy (non-hydrogen) atoms. The van der Waals surface area contributed by atoms with Crippen LogP contribution in [0.15, 0.2) is 6.07 Å². The van der Waals surface area contributed by atoms with E-state index in [1.807, 2.05) is 13.0 Å². The first kappa shape index (κ1) is 12.1. The molecule has 1 N–H and O–H groups in total. The molecule has 2 rings (SSSR count). The molecule has 0 spiro atoms. The Morgan fingerprint density at radius 1 is 1.53 bits per heavy atom. The third kappa shape index (κ3) is 2.06. The van der Waals surface area contributed by atoms with Crippen LogP contribution < -0.4 is 0 Å². The van der Waals surface area contributed by atoms with Gasteiger partial charge in [-0.1, -0.05) is 20.8 Å². The maximum atomic E-state index is 11.2. The molecule has 1 heterocycles. The molecule has 1 aliphatic carbocycles. The molecule has 1 aromatic rings. The van der Waals surface area contributed by atoms with Crippen molar-refractivity contribution in [2.24, 2.45) is 0 Å². The molecule has 1 aliphatic rings. The van der Waals surface area contributed by atoms with Gasteiger partial charge in [0.05, 0.1) is 11.3 Å². The van der Waals surface area contributed by atoms with Crippen molar-refractivity contribution >= 4 is 5.97 Å². The Morgan fingerprint density at radius 3 is 2.82 bits per heavy atom. The van der Waals surface area contributed by atoms with Crippen molar-refractivity contribution in [2.45, 2.75) is 51.9 Å². The summed E-state index contributed by atoms with van der Waals surface area (Å²) in [4.78, 5) is 15.8. The van der Waals surface area contributed by atoms with Crippen molar-refractivity contribution in [3.63, 3.8) is 0 Å². The van der Waals surface area contributed by atoms with Crippen LogP contribution in [0, 0.1) is 0 Å². The molecule has 0 unspecified atom stereocenters. The van der Waals surface area contributed by atoms with Crippen molar-refractivity contribution in [1.29, 1.82) is 0 Å². The molecule has 0 bridgehead atoms. The Morgan fingerprint density at radius 2 is 2.24 bits per heavy atom. The van der Waals surface area contributed by atoms with Crippen molar-refractivity contribution in [2.75, 3.05) is 0 Å². The highest BCUT2D eigenvalue weighted by molar-refractivity contribution is 5.89. The molecule has 0 aromatic carbocycles. The van der Waals surface area contributed by atoms with Gasteiger partial charge in [-0.25, -0.2) is 4.79 Å². The van der Waals surface area contributed by atoms with Gasteiger partial charge in [0.15, 0.2) is 0 Å². The molecule has 0 radical (unpaired) electrons. The fraction of sp³-hybridized carbons (Fsp3) is 0.571. The van der Waals surface area contributed by atoms with Gasteiger partial charge in [0.25, 0.3) is 0 Å². The predicted molar refractivity (Wildman–Crippen MR) is 66.5 cm³/mol. The molecule has 0 saturated carbocycles. The van der Waals surface area contributed by atoms with Crippen molar-refractivity contribution in [1.82, 2.24) is 4.98 Å². The number of aromatic carboxylic acids is 1. The first-order valence-electron chi connectivity index (χ1n) is 6.22. The van der Waals surface area contributed by atoms with E-state index >= 15 is 0 Å². The van der Waals surface area contributed by atoms with Gasteiger partial charge in [0.1, 0.15) is 0 Å². The average Bonchev–Trinajstić information content (AvgIpc) is 2.27. The summed E-state index contributed by atoms with van der Waals surface area (Å²) >= 11 is 0. The average molecular weight is 233 g/mol. The number of aryl methyl sites for hydroxylation is 2. The fourth-order valence-electron chi connectivity index (χ4n) is 2.66. The Hall–Kier alpha value is -1.38. The van der Waals surface area contributed by atoms with E-state index in [0.717, 1.165) is 30.5 Å². The minimum atomic E-state index is -0.861. The summed E-state index contributed by atoms with van der Waals surface area (Å²) in [5.74, 6) is -0.861. The minimum Gasteiger partial charge on any atom is -0.478 e. The van der Waals surface area contributed by atoms with Crippen LogP contribution in [0.2, 0.25) is 0 Å². The van der Waals surface area contributed by atoms with E-state index in [9.17, 15) is 9.90 Å². The largest absolute Gasteiger partial charge is 0.478 e. The monoisotopic (exact) mass is 233 g/mol. The summed E-state index contributed by atoms with van der Waals surface area (Å²) in [5, 5.41) is 9.19. The maximum Gasteiger partial charge on any atom is 0.337 e. The summed E-state index contributed by atoms with van der Waals surface area (Å²) in [6.07, 6.45) is 3.87. The maximum absolute atomic E-state index is 11.2. The smallest absolute Gasteiger partial charge is 0.337 e. The Balaban J connectivity index is 2.61. The number of aromatic nitrogens is 1. The first-order chi connectivity index (χ1) is 7.95. The van der Waals surface area contributed by atoms with E-state index in [1.165, 1.54) is 0 Å². The van der Waals surface area contributed by atoms with Gasteiger partial charge >= 0.3 is 5.97 Å². The lowest BCUT2D eigenvalue weighted by Crippen LogP contribution is -2.27. The summed E-state index contributed by atoms with van der Waals surface area (Å²) in [6, 6.07) is 1.84. The van der Waals surface area contributed by atoms with Crippen LogP contribution in [0.5, 0.6) is 0 Å². The van der Waals surface area contributed by atoms with Crippen LogP contribution in [0.1, 0.15) is 60.9 Å². The van der Waals surface area contributed by atoms with Crippen LogP contribution >= 0.6 is 0 Å². The van der Waals surface area contributed by atoms with E-state index in [0.29, 0.717) is 17.7 Å². The zero-order valence-corrected chi connectivity index (χ0v) is 10.7. The molecule has 0 saturated heterocycles. The third-order valence-electron chi connectivity index (χ3n) is 3.63. The van der Waals surface area contributed by atoms with Gasteiger partial charge in [-0.2, -0.15) is 0 Å². The number of fused-ring (bicyclic) bond motifs is 1. The molecule has 0 aliphatic heterocycles. The third-order valence-corrected chi connectivity index (χ3v) is 3.63. The van der Waals surface area contributed by atoms with Gasteiger partial charge < -0.3 is 5.11 Å². The number of nitrogens with zero attached hydrogens (tertiary/aromatic N) is 1. The van der Waals surface area contributed by atoms with Crippen LogP contribution in [0.25, 0.3) is 0 Å². The number of pyridine rings is 1. The van der Waals surface area contributed by atoms with E-state index in [4.69, 9.17) is 0 Å². The molecule has 0 atom stereocenters. The van der Waals surface area contributed by atoms with Crippen molar-refractivity contribution < 1.29 is 9.90 Å². The second-order valence-corrected chi connectivity index (χ2v) is 5.39. The van der Waals surface area contributed by atoms with Gasteiger partial charge in [0, 0.05) is 11.1 Å². The number of carbonyl (C=O) groups is 1. The van der Waals surface area contributed by atoms with Gasteiger partial charge in [0.2, 0.25) is 0 Å². The predicted octanol–water partition coefficient (Wildman–Crippen LogP) is 2.96. The summed E-state index contributed by atoms with van der Waals surface area (Å²) in [5.41, 5.74) is 3.39. The second kappa shape index (κ2) is 4.13. The van der Waals surface area contributed by atoms with Gasteiger partial charge in [-0.05, 0) is 37.3 Å². The molecule has 1 aromatic heterocycles. The van der Waals surface area contributed by atoms with Crippen molar-refractivity contribution in [3.05, 3.63) is 28.6 Å². The molecule has 92 valence electrons. The number of carboxylic acids is 1. The normalized spacial score (nSPS) is 17.6. The molecular weight excluding hydrogens is 214 g/mol. The topological polar surface area (TPSA) is 50.2 Å². The molecule has 3 heteroatoms. The molecular formula is C14H19NO2. The molecule has 0 fully saturated rings. The second-order valence-electron chi connectivity index (χ2n) is 5.39. The van der Waals surface area contributed by atoms with Gasteiger partial charge in [-0.15, -0.1) is 0 Å². The highest BCUT2D eigenvalue weighted by atomic mass is 16.4. The highest BCUT2D eigenvalue weighted by Crippen LogP contribution is 2.36. The fourth-order valence-corrected chi connectivity index (χ4v) is 2.66. The summed E-state index contributed by atoms with van der Waals surface area (Å²) in [6.45, 7) is 6.34. The minimum absolute atomic E-state index is 0.0779. The van der Waals surface area contributed by atoms with Crippen LogP contribution in [-0.2, 0) is 18.3 Å². The summed E-state index contributed by atoms with van der Waals surface area (Å²) < 4.78 is 0. The van der Waals surface area contributed by atoms with Crippen LogP contribution in [0.4, 0.5) is 0 Å². The van der Waals surface area contributed by atoms with E-state index < -0.39 is 5.97 Å². The zero-order valence-electron chi connectivity index (χ0n) is 10.7. The van der Waals surface area contributed by atoms with E-state index in [1.54, 1.807) is 0 Å². The highest BCUT2D eigenvalue weighted by Gasteiger charge is 2.30. The van der Waals surface area contributed by atoms with E-state index in [2.05, 4.69) is 18.8 Å². The first-order valence-corrected chi connectivity index (χ1v) is 6.22. The Kier molecular flexibility index (Phi) is 2.94. The lowest BCUT2D eigenvalue weighted by molar-refractivity contribution is 0.0694. The molecule has 0 amide bonds. The lowest BCUT2D eigenvalue weighted by atomic mass is 9.75. The van der Waals surface area contributed by atoms with Gasteiger partial charge in [-0.3, -0.25) is 4.98 Å². The zero-order chi connectivity index (χ0) is 12.6. The van der Waals surface area contributed by atoms with E-state index in [-0.39, 0.29) is 5.41 Å². The SMILES string of the molecule is CCc1nc2c(cc1C(=O)O)CCCC2(C)C. The number of hydrogen-bond acceptors (Lipinski definition) is 2. The van der Waals surface area contributed by atoms with Crippen molar-refractivity contribution in [3.8, 4) is 0 Å². The van der Waals surface area contributed by atoms with Crippen LogP contribution in [-0.4, -0.2) is 16.1 Å². The lowest BCUT2D eigenvalue weighted by Gasteiger charge is -2.32. The standard InChI is InChI=1S/C14H19NO2/c1-4-11-10(13(16)17)8-9-6-5-7-14(2,3)12(9)15-11/h8H,4-7H2,1-3H3,(H,16,17). The molecule has 3 nitrogen and oxygen atoms in total. The quantitative estimate of drug-likeness (QED) is 0.854. The number of hydrogen-bond donors (Lipinski definition) is 1.